The highest BCUT2D eigenvalue weighted by Gasteiger charge is 2.14. The van der Waals surface area contributed by atoms with Crippen molar-refractivity contribution in [2.75, 3.05) is 0 Å². The fourth-order valence-electron chi connectivity index (χ4n) is 1.61. The summed E-state index contributed by atoms with van der Waals surface area (Å²) < 4.78 is 31.6. The van der Waals surface area contributed by atoms with Crippen molar-refractivity contribution in [2.45, 2.75) is 24.4 Å². The molecule has 0 aliphatic rings. The molecule has 5 nitrogen and oxygen atoms in total. The fourth-order valence-corrected chi connectivity index (χ4v) is 2.61. The predicted molar refractivity (Wildman–Crippen MR) is 71.8 cm³/mol. The highest BCUT2D eigenvalue weighted by molar-refractivity contribution is 7.89. The molecule has 19 heavy (non-hydrogen) atoms. The number of sulfonamides is 1. The average molecular weight is 280 g/mol. The van der Waals surface area contributed by atoms with Gasteiger partial charge in [-0.2, -0.15) is 0 Å². The van der Waals surface area contributed by atoms with Gasteiger partial charge < -0.3 is 10.2 Å². The molecule has 0 saturated heterocycles. The second-order valence-electron chi connectivity index (χ2n) is 4.26. The summed E-state index contributed by atoms with van der Waals surface area (Å²) in [5, 5.41) is 0. The van der Waals surface area contributed by atoms with Crippen molar-refractivity contribution >= 4 is 10.0 Å². The average Bonchev–Trinajstić information content (AvgIpc) is 2.90. The van der Waals surface area contributed by atoms with Crippen LogP contribution in [-0.4, -0.2) is 8.42 Å². The number of hydrogen-bond donors (Lipinski definition) is 2. The smallest absolute Gasteiger partial charge is 0.240 e. The molecule has 1 heterocycles. The van der Waals surface area contributed by atoms with E-state index in [9.17, 15) is 8.42 Å². The minimum absolute atomic E-state index is 0.118. The van der Waals surface area contributed by atoms with E-state index in [1.807, 2.05) is 6.92 Å². The van der Waals surface area contributed by atoms with E-state index in [2.05, 4.69) is 4.72 Å². The van der Waals surface area contributed by atoms with Gasteiger partial charge in [0, 0.05) is 6.04 Å². The van der Waals surface area contributed by atoms with Gasteiger partial charge >= 0.3 is 0 Å². The van der Waals surface area contributed by atoms with Crippen LogP contribution in [0.1, 0.15) is 24.3 Å². The molecule has 0 fully saturated rings. The van der Waals surface area contributed by atoms with Crippen molar-refractivity contribution in [1.82, 2.24) is 4.72 Å². The molecule has 0 unspecified atom stereocenters. The quantitative estimate of drug-likeness (QED) is 0.874. The van der Waals surface area contributed by atoms with Gasteiger partial charge in [0.1, 0.15) is 5.76 Å². The lowest BCUT2D eigenvalue weighted by atomic mass is 10.1. The van der Waals surface area contributed by atoms with Gasteiger partial charge in [-0.3, -0.25) is 0 Å². The lowest BCUT2D eigenvalue weighted by Crippen LogP contribution is -2.23. The lowest BCUT2D eigenvalue weighted by Gasteiger charge is -2.08. The Bertz CT molecular complexity index is 616. The van der Waals surface area contributed by atoms with Gasteiger partial charge in [-0.05, 0) is 36.8 Å². The lowest BCUT2D eigenvalue weighted by molar-refractivity contribution is 0.498. The maximum atomic E-state index is 12.0. The standard InChI is InChI=1S/C13H16N2O3S/c1-10(14)11-4-6-13(7-5-11)19(16,17)15-9-12-3-2-8-18-12/h2-8,10,15H,9,14H2,1H3/t10-/m0/s1. The van der Waals surface area contributed by atoms with Crippen molar-refractivity contribution < 1.29 is 12.8 Å². The summed E-state index contributed by atoms with van der Waals surface area (Å²) in [5.74, 6) is 0.566. The van der Waals surface area contributed by atoms with Crippen LogP contribution in [0.2, 0.25) is 0 Å². The van der Waals surface area contributed by atoms with E-state index in [1.54, 1.807) is 36.4 Å². The number of nitrogens with two attached hydrogens (primary N) is 1. The molecule has 3 N–H and O–H groups in total. The van der Waals surface area contributed by atoms with E-state index in [1.165, 1.54) is 6.26 Å². The Hall–Kier alpha value is -1.63. The second kappa shape index (κ2) is 5.56. The van der Waals surface area contributed by atoms with E-state index >= 15 is 0 Å². The summed E-state index contributed by atoms with van der Waals surface area (Å²) in [6.45, 7) is 1.98. The number of benzene rings is 1. The highest BCUT2D eigenvalue weighted by Crippen LogP contribution is 2.15. The maximum absolute atomic E-state index is 12.0. The van der Waals surface area contributed by atoms with Crippen molar-refractivity contribution in [2.24, 2.45) is 5.73 Å². The van der Waals surface area contributed by atoms with Crippen LogP contribution in [0, 0.1) is 0 Å². The summed E-state index contributed by atoms with van der Waals surface area (Å²) in [6.07, 6.45) is 1.50. The van der Waals surface area contributed by atoms with Crippen LogP contribution in [-0.2, 0) is 16.6 Å². The largest absolute Gasteiger partial charge is 0.468 e. The molecular weight excluding hydrogens is 264 g/mol. The molecule has 0 spiro atoms. The van der Waals surface area contributed by atoms with Gasteiger partial charge in [-0.1, -0.05) is 12.1 Å². The van der Waals surface area contributed by atoms with Gasteiger partial charge in [0.15, 0.2) is 0 Å². The van der Waals surface area contributed by atoms with Crippen LogP contribution < -0.4 is 10.5 Å². The van der Waals surface area contributed by atoms with Crippen molar-refractivity contribution in [3.8, 4) is 0 Å². The summed E-state index contributed by atoms with van der Waals surface area (Å²) in [5.41, 5.74) is 6.61. The van der Waals surface area contributed by atoms with Crippen molar-refractivity contribution in [3.63, 3.8) is 0 Å². The Morgan fingerprint density at radius 3 is 2.47 bits per heavy atom. The number of furan rings is 1. The first-order chi connectivity index (χ1) is 8.99. The van der Waals surface area contributed by atoms with E-state index in [0.717, 1.165) is 5.56 Å². The molecule has 2 rings (SSSR count). The zero-order valence-electron chi connectivity index (χ0n) is 10.5. The molecule has 0 aliphatic heterocycles. The van der Waals surface area contributed by atoms with Crippen LogP contribution in [0.15, 0.2) is 52.0 Å². The molecule has 0 amide bonds. The second-order valence-corrected chi connectivity index (χ2v) is 6.03. The molecule has 1 atom stereocenters. The van der Waals surface area contributed by atoms with E-state index in [-0.39, 0.29) is 17.5 Å². The first-order valence-electron chi connectivity index (χ1n) is 5.86. The Kier molecular flexibility index (Phi) is 4.04. The number of hydrogen-bond acceptors (Lipinski definition) is 4. The number of nitrogens with one attached hydrogen (secondary N) is 1. The van der Waals surface area contributed by atoms with Gasteiger partial charge in [0.25, 0.3) is 0 Å². The van der Waals surface area contributed by atoms with E-state index < -0.39 is 10.0 Å². The first kappa shape index (κ1) is 13.8. The molecule has 0 saturated carbocycles. The SMILES string of the molecule is C[C@H](N)c1ccc(S(=O)(=O)NCc2ccco2)cc1. The minimum Gasteiger partial charge on any atom is -0.468 e. The zero-order chi connectivity index (χ0) is 13.9. The van der Waals surface area contributed by atoms with Crippen LogP contribution >= 0.6 is 0 Å². The summed E-state index contributed by atoms with van der Waals surface area (Å²) in [6, 6.07) is 9.82. The topological polar surface area (TPSA) is 85.3 Å². The molecule has 0 aliphatic carbocycles. The van der Waals surface area contributed by atoms with Gasteiger partial charge in [0.2, 0.25) is 10.0 Å². The van der Waals surface area contributed by atoms with Gasteiger partial charge in [-0.25, -0.2) is 13.1 Å². The third-order valence-corrected chi connectivity index (χ3v) is 4.15. The predicted octanol–water partition coefficient (Wildman–Crippen LogP) is 1.78. The van der Waals surface area contributed by atoms with Gasteiger partial charge in [-0.15, -0.1) is 0 Å². The molecule has 102 valence electrons. The Morgan fingerprint density at radius 2 is 1.95 bits per heavy atom. The van der Waals surface area contributed by atoms with Crippen LogP contribution in [0.5, 0.6) is 0 Å². The monoisotopic (exact) mass is 280 g/mol. The molecule has 0 bridgehead atoms. The maximum Gasteiger partial charge on any atom is 0.240 e. The van der Waals surface area contributed by atoms with Crippen molar-refractivity contribution in [1.29, 1.82) is 0 Å². The van der Waals surface area contributed by atoms with Crippen molar-refractivity contribution in [3.05, 3.63) is 54.0 Å². The molecule has 6 heteroatoms. The van der Waals surface area contributed by atoms with Crippen LogP contribution in [0.25, 0.3) is 0 Å². The first-order valence-corrected chi connectivity index (χ1v) is 7.35. The molecule has 0 radical (unpaired) electrons. The molecule has 1 aromatic carbocycles. The van der Waals surface area contributed by atoms with E-state index in [4.69, 9.17) is 10.2 Å². The van der Waals surface area contributed by atoms with Crippen LogP contribution in [0.4, 0.5) is 0 Å². The third kappa shape index (κ3) is 3.44. The molecule has 2 aromatic rings. The van der Waals surface area contributed by atoms with Gasteiger partial charge in [0.05, 0.1) is 17.7 Å². The molecule has 1 aromatic heterocycles. The Labute approximate surface area is 112 Å². The molecular formula is C13H16N2O3S. The summed E-state index contributed by atoms with van der Waals surface area (Å²) in [7, 11) is -3.53. The van der Waals surface area contributed by atoms with Crippen LogP contribution in [0.3, 0.4) is 0 Å². The third-order valence-electron chi connectivity index (χ3n) is 2.73. The fraction of sp³-hybridized carbons (Fsp3) is 0.231. The Balaban J connectivity index is 2.10. The summed E-state index contributed by atoms with van der Waals surface area (Å²) >= 11 is 0. The normalized spacial score (nSPS) is 13.4. The highest BCUT2D eigenvalue weighted by atomic mass is 32.2. The minimum atomic E-state index is -3.53. The Morgan fingerprint density at radius 1 is 1.26 bits per heavy atom. The van der Waals surface area contributed by atoms with E-state index in [0.29, 0.717) is 5.76 Å². The zero-order valence-corrected chi connectivity index (χ0v) is 11.4. The number of rotatable bonds is 5. The summed E-state index contributed by atoms with van der Waals surface area (Å²) in [4.78, 5) is 0.212.